The maximum atomic E-state index is 11.7. The van der Waals surface area contributed by atoms with E-state index in [1.807, 2.05) is 0 Å². The van der Waals surface area contributed by atoms with Crippen molar-refractivity contribution in [1.29, 1.82) is 0 Å². The van der Waals surface area contributed by atoms with E-state index in [0.29, 0.717) is 16.4 Å². The summed E-state index contributed by atoms with van der Waals surface area (Å²) in [5, 5.41) is 22.1. The Balaban J connectivity index is 0.00000120. The molecular formula is C13H7NaO4. The van der Waals surface area contributed by atoms with Crippen molar-refractivity contribution < 1.29 is 44.2 Å². The minimum atomic E-state index is -0.573. The summed E-state index contributed by atoms with van der Waals surface area (Å²) in [7, 11) is 0. The molecule has 0 unspecified atom stereocenters. The second-order valence-corrected chi connectivity index (χ2v) is 3.78. The molecule has 2 aromatic carbocycles. The number of phenols is 1. The van der Waals surface area contributed by atoms with E-state index in [2.05, 4.69) is 0 Å². The summed E-state index contributed by atoms with van der Waals surface area (Å²) in [6, 6.07) is 8.78. The van der Waals surface area contributed by atoms with E-state index in [4.69, 9.17) is 4.42 Å². The third-order valence-electron chi connectivity index (χ3n) is 2.67. The molecule has 18 heavy (non-hydrogen) atoms. The minimum absolute atomic E-state index is 0. The molecule has 3 rings (SSSR count). The van der Waals surface area contributed by atoms with Crippen LogP contribution in [0.15, 0.2) is 45.6 Å². The normalized spacial score (nSPS) is 10.4. The Morgan fingerprint density at radius 1 is 1.00 bits per heavy atom. The number of hydrogen-bond donors (Lipinski definition) is 1. The minimum Gasteiger partial charge on any atom is -0.872 e. The Hall–Kier alpha value is -1.49. The van der Waals surface area contributed by atoms with Crippen LogP contribution in [0.4, 0.5) is 0 Å². The smallest absolute Gasteiger partial charge is 0.872 e. The molecule has 0 aliphatic heterocycles. The summed E-state index contributed by atoms with van der Waals surface area (Å²) in [6.07, 6.45) is 0. The Labute approximate surface area is 124 Å². The third kappa shape index (κ3) is 1.99. The Kier molecular flexibility index (Phi) is 3.34. The second kappa shape index (κ2) is 4.65. The van der Waals surface area contributed by atoms with E-state index in [1.165, 1.54) is 24.3 Å². The van der Waals surface area contributed by atoms with Gasteiger partial charge >= 0.3 is 35.2 Å². The SMILES string of the molecule is O=c1oc2cc(O)ccc2c2ccc([O-])cc12.[Na+]. The van der Waals surface area contributed by atoms with Crippen molar-refractivity contribution in [3.05, 3.63) is 46.8 Å². The van der Waals surface area contributed by atoms with Crippen LogP contribution in [-0.4, -0.2) is 5.11 Å². The molecule has 0 amide bonds. The predicted octanol–water partition coefficient (Wildman–Crippen LogP) is -1.27. The van der Waals surface area contributed by atoms with Gasteiger partial charge in [0, 0.05) is 11.5 Å². The largest absolute Gasteiger partial charge is 1.00 e. The van der Waals surface area contributed by atoms with Gasteiger partial charge in [0.1, 0.15) is 11.3 Å². The number of benzene rings is 2. The zero-order valence-electron chi connectivity index (χ0n) is 9.64. The van der Waals surface area contributed by atoms with Gasteiger partial charge in [-0.05, 0) is 17.5 Å². The molecule has 84 valence electrons. The Bertz CT molecular complexity index is 792. The van der Waals surface area contributed by atoms with Gasteiger partial charge in [0.15, 0.2) is 0 Å². The number of fused-ring (bicyclic) bond motifs is 3. The average Bonchev–Trinajstić information content (AvgIpc) is 2.29. The van der Waals surface area contributed by atoms with Gasteiger partial charge in [-0.1, -0.05) is 18.2 Å². The van der Waals surface area contributed by atoms with Crippen LogP contribution < -0.4 is 40.3 Å². The van der Waals surface area contributed by atoms with Crippen LogP contribution in [0, 0.1) is 0 Å². The Morgan fingerprint density at radius 3 is 2.50 bits per heavy atom. The number of hydrogen-bond acceptors (Lipinski definition) is 4. The van der Waals surface area contributed by atoms with E-state index < -0.39 is 5.63 Å². The van der Waals surface area contributed by atoms with Gasteiger partial charge in [-0.25, -0.2) is 4.79 Å². The molecule has 0 spiro atoms. The van der Waals surface area contributed by atoms with Gasteiger partial charge in [0.25, 0.3) is 0 Å². The van der Waals surface area contributed by atoms with Gasteiger partial charge in [-0.3, -0.25) is 0 Å². The summed E-state index contributed by atoms with van der Waals surface area (Å²) < 4.78 is 5.06. The van der Waals surface area contributed by atoms with Crippen molar-refractivity contribution >= 4 is 21.7 Å². The molecule has 4 nitrogen and oxygen atoms in total. The van der Waals surface area contributed by atoms with Gasteiger partial charge in [-0.15, -0.1) is 5.75 Å². The van der Waals surface area contributed by atoms with E-state index in [9.17, 15) is 15.0 Å². The molecule has 1 N–H and O–H groups in total. The van der Waals surface area contributed by atoms with Crippen LogP contribution in [-0.2, 0) is 0 Å². The first kappa shape index (κ1) is 13.0. The van der Waals surface area contributed by atoms with Crippen LogP contribution in [0.3, 0.4) is 0 Å². The van der Waals surface area contributed by atoms with E-state index >= 15 is 0 Å². The molecule has 0 atom stereocenters. The van der Waals surface area contributed by atoms with Crippen molar-refractivity contribution in [3.8, 4) is 11.5 Å². The predicted molar refractivity (Wildman–Crippen MR) is 61.1 cm³/mol. The first-order valence-corrected chi connectivity index (χ1v) is 5.02. The van der Waals surface area contributed by atoms with Crippen LogP contribution >= 0.6 is 0 Å². The number of aromatic hydroxyl groups is 1. The van der Waals surface area contributed by atoms with Gasteiger partial charge in [-0.2, -0.15) is 0 Å². The molecule has 5 heteroatoms. The van der Waals surface area contributed by atoms with Crippen LogP contribution in [0.5, 0.6) is 11.5 Å². The molecule has 0 aliphatic rings. The monoisotopic (exact) mass is 250 g/mol. The van der Waals surface area contributed by atoms with Crippen molar-refractivity contribution in [2.24, 2.45) is 0 Å². The van der Waals surface area contributed by atoms with Crippen molar-refractivity contribution in [1.82, 2.24) is 0 Å². The van der Waals surface area contributed by atoms with Gasteiger partial charge < -0.3 is 14.6 Å². The zero-order chi connectivity index (χ0) is 12.0. The molecule has 0 fully saturated rings. The van der Waals surface area contributed by atoms with Crippen LogP contribution in [0.2, 0.25) is 0 Å². The van der Waals surface area contributed by atoms with Crippen LogP contribution in [0.1, 0.15) is 0 Å². The van der Waals surface area contributed by atoms with Crippen molar-refractivity contribution in [2.45, 2.75) is 0 Å². The third-order valence-corrected chi connectivity index (χ3v) is 2.67. The average molecular weight is 250 g/mol. The molecular weight excluding hydrogens is 243 g/mol. The first-order valence-electron chi connectivity index (χ1n) is 5.02. The molecule has 0 bridgehead atoms. The summed E-state index contributed by atoms with van der Waals surface area (Å²) in [6.45, 7) is 0. The number of rotatable bonds is 0. The first-order chi connectivity index (χ1) is 8.15. The molecule has 0 radical (unpaired) electrons. The van der Waals surface area contributed by atoms with Crippen molar-refractivity contribution in [3.63, 3.8) is 0 Å². The topological polar surface area (TPSA) is 73.5 Å². The molecule has 1 aromatic heterocycles. The molecule has 0 aliphatic carbocycles. The van der Waals surface area contributed by atoms with E-state index in [-0.39, 0.29) is 46.4 Å². The quantitative estimate of drug-likeness (QED) is 0.307. The molecule has 0 saturated carbocycles. The Morgan fingerprint density at radius 2 is 1.72 bits per heavy atom. The molecule has 0 saturated heterocycles. The fraction of sp³-hybridized carbons (Fsp3) is 0. The summed E-state index contributed by atoms with van der Waals surface area (Å²) in [4.78, 5) is 11.7. The fourth-order valence-electron chi connectivity index (χ4n) is 1.90. The maximum absolute atomic E-state index is 11.7. The van der Waals surface area contributed by atoms with Gasteiger partial charge in [0.05, 0.1) is 5.39 Å². The summed E-state index contributed by atoms with van der Waals surface area (Å²) >= 11 is 0. The second-order valence-electron chi connectivity index (χ2n) is 3.78. The zero-order valence-corrected chi connectivity index (χ0v) is 11.6. The van der Waals surface area contributed by atoms with E-state index in [0.717, 1.165) is 0 Å². The fourth-order valence-corrected chi connectivity index (χ4v) is 1.90. The van der Waals surface area contributed by atoms with Gasteiger partial charge in [0.2, 0.25) is 0 Å². The van der Waals surface area contributed by atoms with Crippen molar-refractivity contribution in [2.75, 3.05) is 0 Å². The summed E-state index contributed by atoms with van der Waals surface area (Å²) in [5.41, 5.74) is -0.267. The molecule has 1 heterocycles. The summed E-state index contributed by atoms with van der Waals surface area (Å²) in [5.74, 6) is -0.205. The molecule has 3 aromatic rings. The van der Waals surface area contributed by atoms with Crippen LogP contribution in [0.25, 0.3) is 21.7 Å². The maximum Gasteiger partial charge on any atom is 1.00 e. The van der Waals surface area contributed by atoms with E-state index in [1.54, 1.807) is 12.1 Å². The standard InChI is InChI=1S/C13H8O4.Na/c14-7-1-3-9-10-4-2-8(15)6-12(10)17-13(16)11(9)5-7;/h1-6,14-15H;/q;+1/p-1. The number of phenolic OH excluding ortho intramolecular Hbond substituents is 1.